The molecule has 2 aromatic heterocycles. The summed E-state index contributed by atoms with van der Waals surface area (Å²) in [4.78, 5) is 19.6. The highest BCUT2D eigenvalue weighted by Gasteiger charge is 2.13. The van der Waals surface area contributed by atoms with Crippen molar-refractivity contribution in [1.29, 1.82) is 5.26 Å². The molecule has 0 saturated heterocycles. The number of H-pyrrole nitrogens is 1. The number of carbonyl (C=O) groups is 1. The first-order valence-electron chi connectivity index (χ1n) is 9.60. The summed E-state index contributed by atoms with van der Waals surface area (Å²) in [5, 5.41) is 12.8. The smallest absolute Gasteiger partial charge is 0.251 e. The van der Waals surface area contributed by atoms with Crippen LogP contribution in [0, 0.1) is 11.3 Å². The fraction of sp³-hybridized carbons (Fsp3) is 0.0870. The van der Waals surface area contributed by atoms with Crippen LogP contribution in [0.1, 0.15) is 15.9 Å². The Kier molecular flexibility index (Phi) is 5.38. The maximum Gasteiger partial charge on any atom is 0.251 e. The van der Waals surface area contributed by atoms with Gasteiger partial charge in [-0.15, -0.1) is 0 Å². The molecule has 0 aliphatic carbocycles. The SMILES string of the molecule is CNC(=O)c1cccc(-c2cnc3[nH]cc(-c4cc(C#N)cc(NS(C)(=O)=O)c4)c3c2)c1. The lowest BCUT2D eigenvalue weighted by molar-refractivity contribution is 0.0963. The van der Waals surface area contributed by atoms with Gasteiger partial charge in [-0.1, -0.05) is 12.1 Å². The Labute approximate surface area is 185 Å². The summed E-state index contributed by atoms with van der Waals surface area (Å²) in [6.45, 7) is 0. The fourth-order valence-electron chi connectivity index (χ4n) is 3.51. The van der Waals surface area contributed by atoms with Gasteiger partial charge in [0.25, 0.3) is 5.91 Å². The third kappa shape index (κ3) is 4.31. The molecule has 3 N–H and O–H groups in total. The largest absolute Gasteiger partial charge is 0.355 e. The van der Waals surface area contributed by atoms with Crippen LogP contribution in [-0.4, -0.2) is 37.6 Å². The normalized spacial score (nSPS) is 11.2. The van der Waals surface area contributed by atoms with Gasteiger partial charge >= 0.3 is 0 Å². The van der Waals surface area contributed by atoms with Crippen molar-refractivity contribution in [3.05, 3.63) is 72.1 Å². The van der Waals surface area contributed by atoms with Crippen LogP contribution in [0.4, 0.5) is 5.69 Å². The standard InChI is InChI=1S/C23H19N5O3S/c1-25-23(29)16-5-3-4-15(8-16)18-10-20-21(13-27-22(20)26-12-18)17-6-14(11-24)7-19(9-17)28-32(2,30)31/h3-10,12-13,28H,1-2H3,(H,25,29)(H,26,27). The minimum absolute atomic E-state index is 0.178. The minimum Gasteiger partial charge on any atom is -0.355 e. The second-order valence-corrected chi connectivity index (χ2v) is 9.02. The highest BCUT2D eigenvalue weighted by molar-refractivity contribution is 7.92. The van der Waals surface area contributed by atoms with Crippen LogP contribution in [0.2, 0.25) is 0 Å². The predicted octanol–water partition coefficient (Wildman–Crippen LogP) is 3.50. The number of pyridine rings is 1. The van der Waals surface area contributed by atoms with E-state index in [1.807, 2.05) is 18.2 Å². The Bertz CT molecular complexity index is 1500. The van der Waals surface area contributed by atoms with Gasteiger partial charge < -0.3 is 10.3 Å². The van der Waals surface area contributed by atoms with E-state index in [1.165, 1.54) is 6.07 Å². The van der Waals surface area contributed by atoms with Crippen molar-refractivity contribution in [2.45, 2.75) is 0 Å². The van der Waals surface area contributed by atoms with Crippen LogP contribution in [0.3, 0.4) is 0 Å². The first-order chi connectivity index (χ1) is 15.3. The van der Waals surface area contributed by atoms with Crippen LogP contribution in [0.25, 0.3) is 33.3 Å². The van der Waals surface area contributed by atoms with Crippen molar-refractivity contribution in [1.82, 2.24) is 15.3 Å². The van der Waals surface area contributed by atoms with Gasteiger partial charge in [0.05, 0.1) is 23.6 Å². The molecule has 0 saturated carbocycles. The summed E-state index contributed by atoms with van der Waals surface area (Å²) < 4.78 is 25.8. The summed E-state index contributed by atoms with van der Waals surface area (Å²) >= 11 is 0. The summed E-state index contributed by atoms with van der Waals surface area (Å²) in [6.07, 6.45) is 4.54. The number of nitrogens with one attached hydrogen (secondary N) is 3. The second kappa shape index (κ2) is 8.17. The Balaban J connectivity index is 1.83. The summed E-state index contributed by atoms with van der Waals surface area (Å²) in [6, 6.07) is 16.1. The van der Waals surface area contributed by atoms with Gasteiger partial charge in [0.1, 0.15) is 5.65 Å². The number of benzene rings is 2. The number of aromatic amines is 1. The number of amides is 1. The number of sulfonamides is 1. The molecule has 1 amide bonds. The molecule has 0 spiro atoms. The highest BCUT2D eigenvalue weighted by atomic mass is 32.2. The van der Waals surface area contributed by atoms with Crippen molar-refractivity contribution >= 4 is 32.7 Å². The van der Waals surface area contributed by atoms with E-state index >= 15 is 0 Å². The average Bonchev–Trinajstić information content (AvgIpc) is 3.20. The van der Waals surface area contributed by atoms with Crippen molar-refractivity contribution < 1.29 is 13.2 Å². The monoisotopic (exact) mass is 445 g/mol. The number of hydrogen-bond donors (Lipinski definition) is 3. The number of rotatable bonds is 5. The molecule has 0 bridgehead atoms. The molecule has 0 aliphatic rings. The molecule has 0 aliphatic heterocycles. The molecule has 0 fully saturated rings. The molecule has 32 heavy (non-hydrogen) atoms. The van der Waals surface area contributed by atoms with Gasteiger partial charge in [0, 0.05) is 41.5 Å². The van der Waals surface area contributed by atoms with Gasteiger partial charge in [-0.05, 0) is 47.5 Å². The molecule has 2 heterocycles. The third-order valence-corrected chi connectivity index (χ3v) is 5.50. The van der Waals surface area contributed by atoms with E-state index in [9.17, 15) is 18.5 Å². The van der Waals surface area contributed by atoms with Crippen LogP contribution in [0.5, 0.6) is 0 Å². The first kappa shape index (κ1) is 21.1. The molecule has 160 valence electrons. The first-order valence-corrected chi connectivity index (χ1v) is 11.5. The quantitative estimate of drug-likeness (QED) is 0.433. The number of nitriles is 1. The summed E-state index contributed by atoms with van der Waals surface area (Å²) in [5.74, 6) is -0.178. The molecule has 9 heteroatoms. The van der Waals surface area contributed by atoms with E-state index in [0.717, 1.165) is 28.3 Å². The number of aromatic nitrogens is 2. The van der Waals surface area contributed by atoms with Gasteiger partial charge in [0.15, 0.2) is 0 Å². The van der Waals surface area contributed by atoms with Crippen molar-refractivity contribution in [3.63, 3.8) is 0 Å². The van der Waals surface area contributed by atoms with E-state index < -0.39 is 10.0 Å². The third-order valence-electron chi connectivity index (χ3n) is 4.89. The molecule has 8 nitrogen and oxygen atoms in total. The molecule has 4 rings (SSSR count). The zero-order valence-corrected chi connectivity index (χ0v) is 18.1. The average molecular weight is 446 g/mol. The molecular formula is C23H19N5O3S. The number of anilines is 1. The topological polar surface area (TPSA) is 128 Å². The summed E-state index contributed by atoms with van der Waals surface area (Å²) in [5.41, 5.74) is 4.89. The fourth-order valence-corrected chi connectivity index (χ4v) is 4.05. The molecular weight excluding hydrogens is 426 g/mol. The van der Waals surface area contributed by atoms with Crippen LogP contribution < -0.4 is 10.0 Å². The van der Waals surface area contributed by atoms with E-state index in [4.69, 9.17) is 0 Å². The minimum atomic E-state index is -3.50. The number of nitrogens with zero attached hydrogens (tertiary/aromatic N) is 2. The van der Waals surface area contributed by atoms with Gasteiger partial charge in [-0.25, -0.2) is 13.4 Å². The lowest BCUT2D eigenvalue weighted by atomic mass is 9.99. The van der Waals surface area contributed by atoms with E-state index in [0.29, 0.717) is 28.0 Å². The molecule has 0 unspecified atom stereocenters. The molecule has 0 atom stereocenters. The number of hydrogen-bond acceptors (Lipinski definition) is 5. The number of carbonyl (C=O) groups excluding carboxylic acids is 1. The Morgan fingerprint density at radius 2 is 1.91 bits per heavy atom. The zero-order chi connectivity index (χ0) is 22.9. The van der Waals surface area contributed by atoms with Crippen LogP contribution >= 0.6 is 0 Å². The maximum absolute atomic E-state index is 12.0. The van der Waals surface area contributed by atoms with Crippen molar-refractivity contribution in [2.75, 3.05) is 18.0 Å². The molecule has 0 radical (unpaired) electrons. The Morgan fingerprint density at radius 1 is 1.09 bits per heavy atom. The Hall–Kier alpha value is -4.16. The predicted molar refractivity (Wildman–Crippen MR) is 124 cm³/mol. The lowest BCUT2D eigenvalue weighted by Gasteiger charge is -2.08. The molecule has 4 aromatic rings. The van der Waals surface area contributed by atoms with Gasteiger partial charge in [-0.3, -0.25) is 9.52 Å². The maximum atomic E-state index is 12.0. The van der Waals surface area contributed by atoms with E-state index in [2.05, 4.69) is 26.1 Å². The van der Waals surface area contributed by atoms with Crippen LogP contribution in [0.15, 0.2) is 60.9 Å². The summed E-state index contributed by atoms with van der Waals surface area (Å²) in [7, 11) is -1.92. The number of fused-ring (bicyclic) bond motifs is 1. The van der Waals surface area contributed by atoms with Crippen molar-refractivity contribution in [3.8, 4) is 28.3 Å². The second-order valence-electron chi connectivity index (χ2n) is 7.27. The van der Waals surface area contributed by atoms with Gasteiger partial charge in [0.2, 0.25) is 10.0 Å². The zero-order valence-electron chi connectivity index (χ0n) is 17.3. The van der Waals surface area contributed by atoms with Crippen LogP contribution in [-0.2, 0) is 10.0 Å². The molecule has 2 aromatic carbocycles. The highest BCUT2D eigenvalue weighted by Crippen LogP contribution is 2.33. The van der Waals surface area contributed by atoms with Gasteiger partial charge in [-0.2, -0.15) is 5.26 Å². The van der Waals surface area contributed by atoms with E-state index in [-0.39, 0.29) is 5.91 Å². The van der Waals surface area contributed by atoms with E-state index in [1.54, 1.807) is 43.7 Å². The lowest BCUT2D eigenvalue weighted by Crippen LogP contribution is -2.17. The van der Waals surface area contributed by atoms with Crippen molar-refractivity contribution in [2.24, 2.45) is 0 Å². The Morgan fingerprint density at radius 3 is 2.62 bits per heavy atom.